The second kappa shape index (κ2) is 9.86. The molecule has 0 atom stereocenters. The maximum atomic E-state index is 12.7. The lowest BCUT2D eigenvalue weighted by molar-refractivity contribution is 0.0975. The first-order valence-electron chi connectivity index (χ1n) is 8.36. The number of rotatable bonds is 5. The van der Waals surface area contributed by atoms with Crippen LogP contribution >= 0.6 is 46.4 Å². The first-order valence-corrected chi connectivity index (χ1v) is 10.2. The summed E-state index contributed by atoms with van der Waals surface area (Å²) in [5, 5.41) is 6.64. The van der Waals surface area contributed by atoms with Gasteiger partial charge in [-0.25, -0.2) is 0 Å². The number of thiocarbonyl (C=S) groups is 1. The van der Waals surface area contributed by atoms with Gasteiger partial charge in [0.15, 0.2) is 5.11 Å². The molecule has 0 heterocycles. The number of halogens is 2. The Morgan fingerprint density at radius 3 is 2.43 bits per heavy atom. The summed E-state index contributed by atoms with van der Waals surface area (Å²) in [6.07, 6.45) is 0. The number of nitrogens with one attached hydrogen (secondary N) is 2. The Kier molecular flexibility index (Phi) is 7.24. The van der Waals surface area contributed by atoms with E-state index in [1.54, 1.807) is 36.4 Å². The first kappa shape index (κ1) is 20.6. The molecule has 0 fully saturated rings. The van der Waals surface area contributed by atoms with Crippen molar-refractivity contribution in [3.8, 4) is 5.75 Å². The van der Waals surface area contributed by atoms with Gasteiger partial charge in [-0.15, -0.1) is 0 Å². The summed E-state index contributed by atoms with van der Waals surface area (Å²) in [7, 11) is 0. The number of ether oxygens (including phenoxy) is 1. The number of anilines is 1. The summed E-state index contributed by atoms with van der Waals surface area (Å²) in [6, 6.07) is 22.0. The Morgan fingerprint density at radius 2 is 1.68 bits per heavy atom. The summed E-state index contributed by atoms with van der Waals surface area (Å²) in [4.78, 5) is 12.7. The Morgan fingerprint density at radius 1 is 1.00 bits per heavy atom. The lowest BCUT2D eigenvalue weighted by Crippen LogP contribution is -2.34. The number of amides is 1. The van der Waals surface area contributed by atoms with Crippen LogP contribution in [0.1, 0.15) is 15.9 Å². The molecule has 0 aliphatic heterocycles. The second-order valence-corrected chi connectivity index (χ2v) is 7.79. The summed E-state index contributed by atoms with van der Waals surface area (Å²) in [6.45, 7) is 0.252. The Balaban J connectivity index is 1.65. The summed E-state index contributed by atoms with van der Waals surface area (Å²) in [5.74, 6) is 0.384. The van der Waals surface area contributed by atoms with E-state index in [4.69, 9.17) is 28.6 Å². The highest BCUT2D eigenvalue weighted by Crippen LogP contribution is 2.19. The van der Waals surface area contributed by atoms with Crippen LogP contribution in [0.4, 0.5) is 5.69 Å². The number of carbonyl (C=O) groups is 1. The molecule has 0 saturated heterocycles. The van der Waals surface area contributed by atoms with Crippen molar-refractivity contribution in [2.75, 3.05) is 5.32 Å². The normalized spacial score (nSPS) is 10.2. The van der Waals surface area contributed by atoms with E-state index in [0.717, 1.165) is 14.8 Å². The molecule has 0 aliphatic carbocycles. The van der Waals surface area contributed by atoms with Crippen LogP contribution < -0.4 is 15.4 Å². The van der Waals surface area contributed by atoms with Gasteiger partial charge in [-0.05, 0) is 77.3 Å². The van der Waals surface area contributed by atoms with Gasteiger partial charge >= 0.3 is 0 Å². The van der Waals surface area contributed by atoms with E-state index in [1.807, 2.05) is 36.4 Å². The SMILES string of the molecule is O=C(NC(=S)Nc1ccccc1I)c1ccccc1COc1ccc(Cl)cc1. The second-order valence-electron chi connectivity index (χ2n) is 5.79. The smallest absolute Gasteiger partial charge is 0.257 e. The molecular weight excluding hydrogens is 507 g/mol. The molecule has 4 nitrogen and oxygen atoms in total. The van der Waals surface area contributed by atoms with Gasteiger partial charge in [0.2, 0.25) is 0 Å². The van der Waals surface area contributed by atoms with Crippen molar-refractivity contribution in [1.82, 2.24) is 5.32 Å². The summed E-state index contributed by atoms with van der Waals surface area (Å²) < 4.78 is 6.77. The van der Waals surface area contributed by atoms with Crippen LogP contribution in [0.2, 0.25) is 5.02 Å². The van der Waals surface area contributed by atoms with Gasteiger partial charge in [-0.1, -0.05) is 41.9 Å². The molecule has 3 aromatic rings. The van der Waals surface area contributed by atoms with E-state index >= 15 is 0 Å². The molecular formula is C21H16ClIN2O2S. The highest BCUT2D eigenvalue weighted by atomic mass is 127. The van der Waals surface area contributed by atoms with Crippen molar-refractivity contribution in [2.45, 2.75) is 6.61 Å². The predicted octanol–water partition coefficient (Wildman–Crippen LogP) is 5.65. The van der Waals surface area contributed by atoms with Gasteiger partial charge in [0, 0.05) is 19.7 Å². The molecule has 7 heteroatoms. The van der Waals surface area contributed by atoms with E-state index in [2.05, 4.69) is 33.2 Å². The number of para-hydroxylation sites is 1. The fraction of sp³-hybridized carbons (Fsp3) is 0.0476. The van der Waals surface area contributed by atoms with E-state index in [1.165, 1.54) is 0 Å². The number of carbonyl (C=O) groups excluding carboxylic acids is 1. The largest absolute Gasteiger partial charge is 0.489 e. The van der Waals surface area contributed by atoms with E-state index in [0.29, 0.717) is 16.3 Å². The van der Waals surface area contributed by atoms with Gasteiger partial charge in [0.05, 0.1) is 5.69 Å². The monoisotopic (exact) mass is 522 g/mol. The van der Waals surface area contributed by atoms with Crippen molar-refractivity contribution in [3.63, 3.8) is 0 Å². The third-order valence-corrected chi connectivity index (χ3v) is 5.22. The minimum absolute atomic E-state index is 0.238. The highest BCUT2D eigenvalue weighted by Gasteiger charge is 2.13. The average Bonchev–Trinajstić information content (AvgIpc) is 2.69. The Labute approximate surface area is 187 Å². The van der Waals surface area contributed by atoms with Crippen molar-refractivity contribution in [2.24, 2.45) is 0 Å². The van der Waals surface area contributed by atoms with Crippen LogP contribution in [0.15, 0.2) is 72.8 Å². The van der Waals surface area contributed by atoms with E-state index < -0.39 is 0 Å². The van der Waals surface area contributed by atoms with E-state index in [-0.39, 0.29) is 17.6 Å². The molecule has 0 bridgehead atoms. The Bertz CT molecular complexity index is 996. The van der Waals surface area contributed by atoms with Crippen molar-refractivity contribution in [3.05, 3.63) is 92.5 Å². The van der Waals surface area contributed by atoms with Gasteiger partial charge in [0.1, 0.15) is 12.4 Å². The van der Waals surface area contributed by atoms with Crippen LogP contribution in [0.5, 0.6) is 5.75 Å². The molecule has 0 saturated carbocycles. The quantitative estimate of drug-likeness (QED) is 0.336. The molecule has 3 rings (SSSR count). The Hall–Kier alpha value is -2.16. The molecule has 0 radical (unpaired) electrons. The standard InChI is InChI=1S/C21H16ClIN2O2S/c22-15-9-11-16(12-10-15)27-13-14-5-1-2-6-17(14)20(26)25-21(28)24-19-8-4-3-7-18(19)23/h1-12H,13H2,(H2,24,25,26,28). The average molecular weight is 523 g/mol. The fourth-order valence-electron chi connectivity index (χ4n) is 2.45. The minimum Gasteiger partial charge on any atom is -0.489 e. The van der Waals surface area contributed by atoms with Crippen LogP contribution in [-0.4, -0.2) is 11.0 Å². The van der Waals surface area contributed by atoms with Gasteiger partial charge in [-0.2, -0.15) is 0 Å². The summed E-state index contributed by atoms with van der Waals surface area (Å²) in [5.41, 5.74) is 2.10. The fourth-order valence-corrected chi connectivity index (χ4v) is 3.30. The molecule has 0 aliphatic rings. The number of hydrogen-bond acceptors (Lipinski definition) is 3. The van der Waals surface area contributed by atoms with Crippen LogP contribution in [0, 0.1) is 3.57 Å². The molecule has 0 spiro atoms. The molecule has 28 heavy (non-hydrogen) atoms. The van der Waals surface area contributed by atoms with E-state index in [9.17, 15) is 4.79 Å². The molecule has 3 aromatic carbocycles. The summed E-state index contributed by atoms with van der Waals surface area (Å²) >= 11 is 13.4. The lowest BCUT2D eigenvalue weighted by atomic mass is 10.1. The van der Waals surface area contributed by atoms with Crippen LogP contribution in [0.3, 0.4) is 0 Å². The van der Waals surface area contributed by atoms with Crippen LogP contribution in [0.25, 0.3) is 0 Å². The zero-order valence-electron chi connectivity index (χ0n) is 14.6. The number of benzene rings is 3. The maximum absolute atomic E-state index is 12.7. The van der Waals surface area contributed by atoms with Crippen molar-refractivity contribution < 1.29 is 9.53 Å². The predicted molar refractivity (Wildman–Crippen MR) is 125 cm³/mol. The maximum Gasteiger partial charge on any atom is 0.257 e. The topological polar surface area (TPSA) is 50.4 Å². The third-order valence-electron chi connectivity index (χ3n) is 3.82. The van der Waals surface area contributed by atoms with Gasteiger partial charge in [0.25, 0.3) is 5.91 Å². The van der Waals surface area contributed by atoms with Crippen molar-refractivity contribution in [1.29, 1.82) is 0 Å². The highest BCUT2D eigenvalue weighted by molar-refractivity contribution is 14.1. The molecule has 0 unspecified atom stereocenters. The molecule has 0 aromatic heterocycles. The van der Waals surface area contributed by atoms with Crippen LogP contribution in [-0.2, 0) is 6.61 Å². The lowest BCUT2D eigenvalue weighted by Gasteiger charge is -2.13. The zero-order valence-corrected chi connectivity index (χ0v) is 18.3. The molecule has 2 N–H and O–H groups in total. The zero-order chi connectivity index (χ0) is 19.9. The van der Waals surface area contributed by atoms with Gasteiger partial charge < -0.3 is 10.1 Å². The minimum atomic E-state index is -0.293. The van der Waals surface area contributed by atoms with Gasteiger partial charge in [-0.3, -0.25) is 10.1 Å². The van der Waals surface area contributed by atoms with Crippen molar-refractivity contribution >= 4 is 63.1 Å². The number of hydrogen-bond donors (Lipinski definition) is 2. The third kappa shape index (κ3) is 5.67. The first-order chi connectivity index (χ1) is 13.5. The molecule has 1 amide bonds. The molecule has 142 valence electrons.